The van der Waals surface area contributed by atoms with Crippen LogP contribution in [0.1, 0.15) is 40.9 Å². The number of imidazole rings is 1. The summed E-state index contributed by atoms with van der Waals surface area (Å²) in [5.41, 5.74) is 1.28. The minimum Gasteiger partial charge on any atom is -0.348 e. The first-order valence-electron chi connectivity index (χ1n) is 8.56. The number of carbonyl (C=O) groups is 1. The van der Waals surface area contributed by atoms with Gasteiger partial charge in [-0.25, -0.2) is 15.0 Å². The predicted molar refractivity (Wildman–Crippen MR) is 95.2 cm³/mol. The molecule has 1 atom stereocenters. The van der Waals surface area contributed by atoms with Crippen LogP contribution in [0.25, 0.3) is 0 Å². The Hall–Kier alpha value is -3.13. The topological polar surface area (TPSA) is 99.7 Å². The molecule has 4 rings (SSSR count). The van der Waals surface area contributed by atoms with E-state index in [4.69, 9.17) is 0 Å². The van der Waals surface area contributed by atoms with Crippen molar-refractivity contribution in [3.63, 3.8) is 0 Å². The number of pyridine rings is 1. The largest absolute Gasteiger partial charge is 0.348 e. The maximum absolute atomic E-state index is 12.4. The Morgan fingerprint density at radius 2 is 2.23 bits per heavy atom. The molecule has 26 heavy (non-hydrogen) atoms. The maximum atomic E-state index is 12.4. The molecule has 0 saturated carbocycles. The number of aromatic nitrogens is 5. The average molecular weight is 349 g/mol. The van der Waals surface area contributed by atoms with E-state index in [1.807, 2.05) is 18.3 Å². The number of nitrogens with one attached hydrogen (secondary N) is 2. The predicted octanol–water partition coefficient (Wildman–Crippen LogP) is 2.18. The van der Waals surface area contributed by atoms with E-state index >= 15 is 0 Å². The van der Waals surface area contributed by atoms with Crippen molar-refractivity contribution in [1.29, 1.82) is 0 Å². The molecule has 0 unspecified atom stereocenters. The van der Waals surface area contributed by atoms with E-state index in [0.29, 0.717) is 11.5 Å². The summed E-state index contributed by atoms with van der Waals surface area (Å²) in [5.74, 6) is 1.06. The third-order valence-electron chi connectivity index (χ3n) is 4.42. The van der Waals surface area contributed by atoms with Crippen LogP contribution in [0.15, 0.2) is 49.2 Å². The van der Waals surface area contributed by atoms with E-state index < -0.39 is 0 Å². The van der Waals surface area contributed by atoms with E-state index in [9.17, 15) is 4.79 Å². The molecule has 8 nitrogen and oxygen atoms in total. The first-order chi connectivity index (χ1) is 12.8. The summed E-state index contributed by atoms with van der Waals surface area (Å²) in [4.78, 5) is 34.8. The van der Waals surface area contributed by atoms with Gasteiger partial charge in [0.1, 0.15) is 11.5 Å². The highest BCUT2D eigenvalue weighted by molar-refractivity contribution is 6.02. The van der Waals surface area contributed by atoms with E-state index in [-0.39, 0.29) is 11.9 Å². The second-order valence-electron chi connectivity index (χ2n) is 6.16. The molecule has 1 amide bonds. The Kier molecular flexibility index (Phi) is 4.65. The van der Waals surface area contributed by atoms with Crippen LogP contribution in [0, 0.1) is 0 Å². The molecular weight excluding hydrogens is 330 g/mol. The van der Waals surface area contributed by atoms with Crippen LogP contribution >= 0.6 is 0 Å². The average Bonchev–Trinajstić information content (AvgIpc) is 3.35. The quantitative estimate of drug-likeness (QED) is 0.732. The third-order valence-corrected chi connectivity index (χ3v) is 4.42. The number of rotatable bonds is 5. The molecule has 3 aromatic heterocycles. The van der Waals surface area contributed by atoms with Crippen LogP contribution in [-0.4, -0.2) is 42.3 Å². The molecule has 1 fully saturated rings. The van der Waals surface area contributed by atoms with Crippen LogP contribution in [0.4, 0.5) is 5.82 Å². The summed E-state index contributed by atoms with van der Waals surface area (Å²) in [6.45, 7) is 1.73. The van der Waals surface area contributed by atoms with Crippen LogP contribution in [0.5, 0.6) is 0 Å². The van der Waals surface area contributed by atoms with E-state index in [1.54, 1.807) is 18.5 Å². The first kappa shape index (κ1) is 16.3. The Bertz CT molecular complexity index is 866. The second-order valence-corrected chi connectivity index (χ2v) is 6.16. The smallest absolute Gasteiger partial charge is 0.275 e. The van der Waals surface area contributed by atoms with Gasteiger partial charge in [0.2, 0.25) is 0 Å². The van der Waals surface area contributed by atoms with Gasteiger partial charge in [-0.1, -0.05) is 6.07 Å². The Morgan fingerprint density at radius 3 is 3.04 bits per heavy atom. The molecule has 8 heteroatoms. The van der Waals surface area contributed by atoms with E-state index in [1.165, 1.54) is 12.4 Å². The molecule has 132 valence electrons. The lowest BCUT2D eigenvalue weighted by Gasteiger charge is -2.23. The molecule has 0 spiro atoms. The minimum absolute atomic E-state index is 0.185. The van der Waals surface area contributed by atoms with Gasteiger partial charge in [0, 0.05) is 24.8 Å². The highest BCUT2D eigenvalue weighted by Crippen LogP contribution is 2.31. The molecule has 2 N–H and O–H groups in total. The van der Waals surface area contributed by atoms with Crippen LogP contribution in [0.3, 0.4) is 0 Å². The Balaban J connectivity index is 1.50. The van der Waals surface area contributed by atoms with Crippen molar-refractivity contribution in [3.05, 3.63) is 66.4 Å². The molecule has 3 aromatic rings. The summed E-state index contributed by atoms with van der Waals surface area (Å²) in [6.07, 6.45) is 10.3. The van der Waals surface area contributed by atoms with Gasteiger partial charge in [-0.2, -0.15) is 0 Å². The number of hydrogen-bond acceptors (Lipinski definition) is 6. The highest BCUT2D eigenvalue weighted by Gasteiger charge is 2.28. The third kappa shape index (κ3) is 3.60. The monoisotopic (exact) mass is 349 g/mol. The summed E-state index contributed by atoms with van der Waals surface area (Å²) in [7, 11) is 0. The van der Waals surface area contributed by atoms with Crippen molar-refractivity contribution < 1.29 is 4.79 Å². The summed E-state index contributed by atoms with van der Waals surface area (Å²) >= 11 is 0. The highest BCUT2D eigenvalue weighted by atomic mass is 16.1. The number of nitrogens with zero attached hydrogens (tertiary/aromatic N) is 5. The van der Waals surface area contributed by atoms with Gasteiger partial charge in [-0.15, -0.1) is 0 Å². The first-order valence-corrected chi connectivity index (χ1v) is 8.56. The van der Waals surface area contributed by atoms with E-state index in [2.05, 4.69) is 35.1 Å². The van der Waals surface area contributed by atoms with Gasteiger partial charge >= 0.3 is 0 Å². The molecule has 0 aliphatic carbocycles. The zero-order valence-electron chi connectivity index (χ0n) is 14.2. The normalized spacial score (nSPS) is 17.3. The number of amides is 1. The summed E-state index contributed by atoms with van der Waals surface area (Å²) in [6, 6.07) is 5.74. The Morgan fingerprint density at radius 1 is 1.27 bits per heavy atom. The Labute approximate surface area is 150 Å². The minimum atomic E-state index is -0.289. The summed E-state index contributed by atoms with van der Waals surface area (Å²) in [5, 5.41) is 2.72. The van der Waals surface area contributed by atoms with Gasteiger partial charge in [0.05, 0.1) is 24.5 Å². The van der Waals surface area contributed by atoms with Gasteiger partial charge < -0.3 is 10.3 Å². The number of hydrogen-bond donors (Lipinski definition) is 2. The lowest BCUT2D eigenvalue weighted by Crippen LogP contribution is -2.25. The zero-order valence-corrected chi connectivity index (χ0v) is 14.2. The fourth-order valence-electron chi connectivity index (χ4n) is 3.23. The number of carbonyl (C=O) groups excluding carboxylic acids is 1. The van der Waals surface area contributed by atoms with Gasteiger partial charge in [-0.05, 0) is 31.5 Å². The number of aromatic amines is 1. The van der Waals surface area contributed by atoms with Crippen molar-refractivity contribution in [3.8, 4) is 0 Å². The van der Waals surface area contributed by atoms with Gasteiger partial charge in [0.15, 0.2) is 5.82 Å². The number of anilines is 1. The van der Waals surface area contributed by atoms with Gasteiger partial charge in [0.25, 0.3) is 5.91 Å². The molecule has 4 heterocycles. The summed E-state index contributed by atoms with van der Waals surface area (Å²) < 4.78 is 0. The van der Waals surface area contributed by atoms with Crippen molar-refractivity contribution in [1.82, 2.24) is 29.8 Å². The van der Waals surface area contributed by atoms with Crippen LogP contribution in [-0.2, 0) is 6.54 Å². The molecule has 1 aliphatic rings. The van der Waals surface area contributed by atoms with Crippen molar-refractivity contribution >= 4 is 11.7 Å². The molecule has 1 saturated heterocycles. The fourth-order valence-corrected chi connectivity index (χ4v) is 3.23. The van der Waals surface area contributed by atoms with Gasteiger partial charge in [-0.3, -0.25) is 14.7 Å². The lowest BCUT2D eigenvalue weighted by atomic mass is 10.1. The molecule has 0 aromatic carbocycles. The molecular formula is C18H19N7O. The SMILES string of the molecule is O=C(Nc1cnccn1)c1cccc([C@H]2CCCN2Cc2ncc[nH]2)n1. The fraction of sp³-hybridized carbons (Fsp3) is 0.278. The van der Waals surface area contributed by atoms with E-state index in [0.717, 1.165) is 37.4 Å². The number of likely N-dealkylation sites (tertiary alicyclic amines) is 1. The number of H-pyrrole nitrogens is 1. The zero-order chi connectivity index (χ0) is 17.8. The standard InChI is InChI=1S/C18H19N7O/c26-18(24-16-11-19-6-7-20-16)14-4-1-3-13(23-14)15-5-2-10-25(15)12-17-21-8-9-22-17/h1,3-4,6-9,11,15H,2,5,10,12H2,(H,21,22)(H,20,24,26)/t15-/m1/s1. The van der Waals surface area contributed by atoms with Crippen molar-refractivity contribution in [2.45, 2.75) is 25.4 Å². The van der Waals surface area contributed by atoms with Crippen LogP contribution in [0.2, 0.25) is 0 Å². The molecule has 0 bridgehead atoms. The van der Waals surface area contributed by atoms with Crippen molar-refractivity contribution in [2.75, 3.05) is 11.9 Å². The van der Waals surface area contributed by atoms with Crippen LogP contribution < -0.4 is 5.32 Å². The van der Waals surface area contributed by atoms with Crippen molar-refractivity contribution in [2.24, 2.45) is 0 Å². The second kappa shape index (κ2) is 7.40. The molecule has 1 aliphatic heterocycles. The maximum Gasteiger partial charge on any atom is 0.275 e. The lowest BCUT2D eigenvalue weighted by molar-refractivity contribution is 0.102. The molecule has 0 radical (unpaired) electrons.